The maximum absolute atomic E-state index is 6.45. The third-order valence-electron chi connectivity index (χ3n) is 4.86. The van der Waals surface area contributed by atoms with Gasteiger partial charge in [0.2, 0.25) is 0 Å². The Kier molecular flexibility index (Phi) is 4.20. The Labute approximate surface area is 133 Å². The minimum Gasteiger partial charge on any atom is -0.487 e. The molecule has 1 fully saturated rings. The van der Waals surface area contributed by atoms with Gasteiger partial charge in [-0.25, -0.2) is 0 Å². The fourth-order valence-corrected chi connectivity index (χ4v) is 3.85. The van der Waals surface area contributed by atoms with Crippen molar-refractivity contribution in [3.8, 4) is 5.75 Å². The molecular weight excluding hydrogens is 282 g/mol. The summed E-state index contributed by atoms with van der Waals surface area (Å²) in [6.07, 6.45) is 6.03. The van der Waals surface area contributed by atoms with E-state index in [1.807, 2.05) is 0 Å². The van der Waals surface area contributed by atoms with Crippen LogP contribution >= 0.6 is 11.6 Å². The van der Waals surface area contributed by atoms with Crippen molar-refractivity contribution in [2.24, 2.45) is 5.92 Å². The SMILES string of the molecule is Cc1cc2c(cc1Cl)C(NCC(C)C)CC1(CCCC1)O2. The van der Waals surface area contributed by atoms with E-state index in [0.717, 1.165) is 29.3 Å². The van der Waals surface area contributed by atoms with Crippen LogP contribution in [0.4, 0.5) is 0 Å². The third-order valence-corrected chi connectivity index (χ3v) is 5.26. The minimum atomic E-state index is 0.0575. The van der Waals surface area contributed by atoms with Gasteiger partial charge in [-0.1, -0.05) is 25.4 Å². The van der Waals surface area contributed by atoms with Crippen molar-refractivity contribution in [1.82, 2.24) is 5.32 Å². The smallest absolute Gasteiger partial charge is 0.125 e. The zero-order valence-electron chi connectivity index (χ0n) is 13.3. The van der Waals surface area contributed by atoms with E-state index in [0.29, 0.717) is 12.0 Å². The van der Waals surface area contributed by atoms with Crippen LogP contribution in [0.15, 0.2) is 12.1 Å². The molecule has 0 radical (unpaired) electrons. The third kappa shape index (κ3) is 3.07. The molecular formula is C18H26ClNO. The number of halogens is 1. The second-order valence-electron chi connectivity index (χ2n) is 7.19. The predicted octanol–water partition coefficient (Wildman–Crippen LogP) is 5.03. The van der Waals surface area contributed by atoms with Crippen LogP contribution in [-0.2, 0) is 0 Å². The van der Waals surface area contributed by atoms with Gasteiger partial charge in [-0.15, -0.1) is 0 Å². The van der Waals surface area contributed by atoms with Crippen molar-refractivity contribution in [3.63, 3.8) is 0 Å². The lowest BCUT2D eigenvalue weighted by atomic mass is 9.85. The van der Waals surface area contributed by atoms with E-state index >= 15 is 0 Å². The van der Waals surface area contributed by atoms with Gasteiger partial charge < -0.3 is 10.1 Å². The van der Waals surface area contributed by atoms with Crippen molar-refractivity contribution in [2.45, 2.75) is 64.5 Å². The average molecular weight is 308 g/mol. The number of aryl methyl sites for hydroxylation is 1. The molecule has 1 aliphatic heterocycles. The molecule has 0 aromatic heterocycles. The molecule has 0 bridgehead atoms. The van der Waals surface area contributed by atoms with E-state index in [1.54, 1.807) is 0 Å². The van der Waals surface area contributed by atoms with Crippen molar-refractivity contribution < 1.29 is 4.74 Å². The normalized spacial score (nSPS) is 23.4. The molecule has 1 unspecified atom stereocenters. The van der Waals surface area contributed by atoms with Gasteiger partial charge in [-0.05, 0) is 62.8 Å². The highest BCUT2D eigenvalue weighted by Gasteiger charge is 2.43. The first-order chi connectivity index (χ1) is 9.99. The molecule has 1 atom stereocenters. The quantitative estimate of drug-likeness (QED) is 0.845. The van der Waals surface area contributed by atoms with Crippen LogP contribution in [0.2, 0.25) is 5.02 Å². The van der Waals surface area contributed by atoms with Crippen molar-refractivity contribution >= 4 is 11.6 Å². The van der Waals surface area contributed by atoms with Gasteiger partial charge in [0.25, 0.3) is 0 Å². The maximum Gasteiger partial charge on any atom is 0.125 e. The zero-order chi connectivity index (χ0) is 15.0. The Morgan fingerprint density at radius 1 is 1.33 bits per heavy atom. The summed E-state index contributed by atoms with van der Waals surface area (Å²) in [6, 6.07) is 4.60. The molecule has 3 heteroatoms. The first-order valence-electron chi connectivity index (χ1n) is 8.21. The van der Waals surface area contributed by atoms with Gasteiger partial charge >= 0.3 is 0 Å². The molecule has 1 saturated carbocycles. The molecule has 116 valence electrons. The summed E-state index contributed by atoms with van der Waals surface area (Å²) >= 11 is 6.34. The van der Waals surface area contributed by atoms with Gasteiger partial charge in [0, 0.05) is 23.0 Å². The molecule has 1 aromatic carbocycles. The topological polar surface area (TPSA) is 21.3 Å². The number of hydrogen-bond donors (Lipinski definition) is 1. The summed E-state index contributed by atoms with van der Waals surface area (Å²) in [5, 5.41) is 4.58. The summed E-state index contributed by atoms with van der Waals surface area (Å²) in [7, 11) is 0. The fourth-order valence-electron chi connectivity index (χ4n) is 3.67. The number of rotatable bonds is 3. The molecule has 0 amide bonds. The second-order valence-corrected chi connectivity index (χ2v) is 7.60. The minimum absolute atomic E-state index is 0.0575. The van der Waals surface area contributed by atoms with E-state index in [-0.39, 0.29) is 5.60 Å². The van der Waals surface area contributed by atoms with Crippen molar-refractivity contribution in [2.75, 3.05) is 6.54 Å². The van der Waals surface area contributed by atoms with Gasteiger partial charge in [0.15, 0.2) is 0 Å². The van der Waals surface area contributed by atoms with Crippen LogP contribution in [0.3, 0.4) is 0 Å². The molecule has 0 saturated heterocycles. The van der Waals surface area contributed by atoms with Crippen molar-refractivity contribution in [3.05, 3.63) is 28.3 Å². The van der Waals surface area contributed by atoms with Crippen LogP contribution in [0.25, 0.3) is 0 Å². The van der Waals surface area contributed by atoms with Gasteiger partial charge in [-0.3, -0.25) is 0 Å². The highest BCUT2D eigenvalue weighted by Crippen LogP contribution is 2.48. The van der Waals surface area contributed by atoms with Crippen LogP contribution < -0.4 is 10.1 Å². The van der Waals surface area contributed by atoms with E-state index in [9.17, 15) is 0 Å². The molecule has 3 rings (SSSR count). The lowest BCUT2D eigenvalue weighted by Gasteiger charge is -2.41. The maximum atomic E-state index is 6.45. The zero-order valence-corrected chi connectivity index (χ0v) is 14.1. The Hall–Kier alpha value is -0.730. The average Bonchev–Trinajstić information content (AvgIpc) is 2.86. The lowest BCUT2D eigenvalue weighted by molar-refractivity contribution is 0.0362. The fraction of sp³-hybridized carbons (Fsp3) is 0.667. The molecule has 1 N–H and O–H groups in total. The van der Waals surface area contributed by atoms with Gasteiger partial charge in [0.1, 0.15) is 11.4 Å². The van der Waals surface area contributed by atoms with Gasteiger partial charge in [-0.2, -0.15) is 0 Å². The molecule has 1 aromatic rings. The number of fused-ring (bicyclic) bond motifs is 1. The number of benzene rings is 1. The monoisotopic (exact) mass is 307 g/mol. The highest BCUT2D eigenvalue weighted by atomic mass is 35.5. The standard InChI is InChI=1S/C18H26ClNO/c1-12(2)11-20-16-10-18(6-4-5-7-18)21-17-8-13(3)15(19)9-14(16)17/h8-9,12,16,20H,4-7,10-11H2,1-3H3. The first-order valence-corrected chi connectivity index (χ1v) is 8.59. The molecule has 2 aliphatic rings. The summed E-state index contributed by atoms with van der Waals surface area (Å²) in [5.74, 6) is 1.70. The van der Waals surface area contributed by atoms with Crippen LogP contribution in [0.5, 0.6) is 5.75 Å². The summed E-state index contributed by atoms with van der Waals surface area (Å²) in [5.41, 5.74) is 2.40. The Bertz CT molecular complexity index is 520. The van der Waals surface area contributed by atoms with Gasteiger partial charge in [0.05, 0.1) is 0 Å². The van der Waals surface area contributed by atoms with E-state index < -0.39 is 0 Å². The highest BCUT2D eigenvalue weighted by molar-refractivity contribution is 6.31. The molecule has 21 heavy (non-hydrogen) atoms. The van der Waals surface area contributed by atoms with E-state index in [4.69, 9.17) is 16.3 Å². The second kappa shape index (κ2) is 5.81. The van der Waals surface area contributed by atoms with Crippen LogP contribution in [0, 0.1) is 12.8 Å². The first kappa shape index (κ1) is 15.2. The summed E-state index contributed by atoms with van der Waals surface area (Å²) in [6.45, 7) is 7.59. The van der Waals surface area contributed by atoms with E-state index in [1.165, 1.54) is 31.2 Å². The Balaban J connectivity index is 1.93. The van der Waals surface area contributed by atoms with Crippen LogP contribution in [-0.4, -0.2) is 12.1 Å². The molecule has 1 aliphatic carbocycles. The summed E-state index contributed by atoms with van der Waals surface area (Å²) < 4.78 is 6.45. The number of nitrogens with one attached hydrogen (secondary N) is 1. The molecule has 1 spiro atoms. The molecule has 1 heterocycles. The number of hydrogen-bond acceptors (Lipinski definition) is 2. The predicted molar refractivity (Wildman–Crippen MR) is 88.2 cm³/mol. The Morgan fingerprint density at radius 2 is 2.05 bits per heavy atom. The Morgan fingerprint density at radius 3 is 2.71 bits per heavy atom. The largest absolute Gasteiger partial charge is 0.487 e. The van der Waals surface area contributed by atoms with Crippen molar-refractivity contribution in [1.29, 1.82) is 0 Å². The van der Waals surface area contributed by atoms with Crippen LogP contribution in [0.1, 0.15) is 63.1 Å². The lowest BCUT2D eigenvalue weighted by Crippen LogP contribution is -2.42. The number of ether oxygens (including phenoxy) is 1. The summed E-state index contributed by atoms with van der Waals surface area (Å²) in [4.78, 5) is 0. The molecule has 2 nitrogen and oxygen atoms in total. The van der Waals surface area contributed by atoms with E-state index in [2.05, 4.69) is 38.2 Å².